The van der Waals surface area contributed by atoms with E-state index >= 15 is 0 Å². The van der Waals surface area contributed by atoms with Gasteiger partial charge >= 0.3 is 5.97 Å². The second-order valence-electron chi connectivity index (χ2n) is 4.04. The third kappa shape index (κ3) is 2.31. The van der Waals surface area contributed by atoms with E-state index < -0.39 is 5.97 Å². The summed E-state index contributed by atoms with van der Waals surface area (Å²) in [6, 6.07) is 7.24. The largest absolute Gasteiger partial charge is 0.475 e. The average molecular weight is 256 g/mol. The van der Waals surface area contributed by atoms with Crippen molar-refractivity contribution in [2.75, 3.05) is 0 Å². The number of carbonyl (C=O) groups is 1. The molecule has 1 aromatic carbocycles. The van der Waals surface area contributed by atoms with Gasteiger partial charge in [0.15, 0.2) is 0 Å². The van der Waals surface area contributed by atoms with Crippen LogP contribution < -0.4 is 0 Å². The van der Waals surface area contributed by atoms with E-state index in [4.69, 9.17) is 10.4 Å². The molecule has 0 aliphatic heterocycles. The molecule has 0 atom stereocenters. The van der Waals surface area contributed by atoms with Gasteiger partial charge in [-0.05, 0) is 24.6 Å². The van der Waals surface area contributed by atoms with Crippen LogP contribution in [0.2, 0.25) is 0 Å². The van der Waals surface area contributed by atoms with E-state index in [2.05, 4.69) is 16.2 Å². The first-order valence-corrected chi connectivity index (χ1v) is 5.77. The van der Waals surface area contributed by atoms with Gasteiger partial charge < -0.3 is 5.11 Å². The van der Waals surface area contributed by atoms with Gasteiger partial charge in [0.05, 0.1) is 17.3 Å². The van der Waals surface area contributed by atoms with Crippen LogP contribution in [0.4, 0.5) is 0 Å². The molecule has 0 radical (unpaired) electrons. The highest BCUT2D eigenvalue weighted by molar-refractivity contribution is 5.83. The van der Waals surface area contributed by atoms with Crippen molar-refractivity contribution in [3.8, 4) is 11.8 Å². The first-order valence-electron chi connectivity index (χ1n) is 5.77. The fourth-order valence-electron chi connectivity index (χ4n) is 1.76. The van der Waals surface area contributed by atoms with Crippen molar-refractivity contribution in [1.29, 1.82) is 5.26 Å². The summed E-state index contributed by atoms with van der Waals surface area (Å²) < 4.78 is 1.49. The Morgan fingerprint density at radius 3 is 2.84 bits per heavy atom. The average Bonchev–Trinajstić information content (AvgIpc) is 2.83. The number of hydrogen-bond acceptors (Lipinski definition) is 4. The van der Waals surface area contributed by atoms with E-state index in [-0.39, 0.29) is 5.82 Å². The normalized spacial score (nSPS) is 10.2. The zero-order valence-electron chi connectivity index (χ0n) is 10.6. The topological polar surface area (TPSA) is 91.8 Å². The lowest BCUT2D eigenvalue weighted by Gasteiger charge is -2.08. The van der Waals surface area contributed by atoms with E-state index in [1.165, 1.54) is 4.68 Å². The van der Waals surface area contributed by atoms with Crippen LogP contribution in [0.15, 0.2) is 18.2 Å². The summed E-state index contributed by atoms with van der Waals surface area (Å²) >= 11 is 0. The van der Waals surface area contributed by atoms with Gasteiger partial charge in [-0.2, -0.15) is 5.26 Å². The summed E-state index contributed by atoms with van der Waals surface area (Å²) in [5, 5.41) is 21.9. The SMILES string of the molecule is CCc1nc(C(=O)O)nn1-c1cc(C#N)ccc1C. The van der Waals surface area contributed by atoms with Crippen molar-refractivity contribution in [1.82, 2.24) is 14.8 Å². The zero-order chi connectivity index (χ0) is 14.0. The Morgan fingerprint density at radius 1 is 1.53 bits per heavy atom. The third-order valence-electron chi connectivity index (χ3n) is 2.75. The van der Waals surface area contributed by atoms with Gasteiger partial charge in [-0.25, -0.2) is 14.5 Å². The molecule has 0 spiro atoms. The Labute approximate surface area is 109 Å². The van der Waals surface area contributed by atoms with E-state index in [9.17, 15) is 4.79 Å². The van der Waals surface area contributed by atoms with Gasteiger partial charge in [-0.15, -0.1) is 5.10 Å². The Bertz CT molecular complexity index is 682. The fourth-order valence-corrected chi connectivity index (χ4v) is 1.76. The standard InChI is InChI=1S/C13H12N4O2/c1-3-11-15-12(13(18)19)16-17(11)10-6-9(7-14)5-4-8(10)2/h4-6H,3H2,1-2H3,(H,18,19). The Kier molecular flexibility index (Phi) is 3.29. The van der Waals surface area contributed by atoms with Gasteiger partial charge in [-0.3, -0.25) is 0 Å². The Morgan fingerprint density at radius 2 is 2.26 bits per heavy atom. The minimum atomic E-state index is -1.16. The number of carboxylic acid groups (broad SMARTS) is 1. The molecular formula is C13H12N4O2. The number of aromatic nitrogens is 3. The van der Waals surface area contributed by atoms with E-state index in [0.29, 0.717) is 23.5 Å². The molecule has 0 aliphatic rings. The monoisotopic (exact) mass is 256 g/mol. The summed E-state index contributed by atoms with van der Waals surface area (Å²) in [6.07, 6.45) is 0.552. The number of aryl methyl sites for hydroxylation is 2. The van der Waals surface area contributed by atoms with Gasteiger partial charge in [0.2, 0.25) is 0 Å². The maximum Gasteiger partial charge on any atom is 0.375 e. The van der Waals surface area contributed by atoms with Crippen molar-refractivity contribution in [3.05, 3.63) is 41.0 Å². The summed E-state index contributed by atoms with van der Waals surface area (Å²) in [6.45, 7) is 3.74. The number of carboxylic acids is 1. The van der Waals surface area contributed by atoms with Crippen molar-refractivity contribution in [2.45, 2.75) is 20.3 Å². The Balaban J connectivity index is 2.64. The number of nitrogens with zero attached hydrogens (tertiary/aromatic N) is 4. The summed E-state index contributed by atoms with van der Waals surface area (Å²) in [7, 11) is 0. The molecule has 19 heavy (non-hydrogen) atoms. The molecule has 1 aromatic heterocycles. The maximum absolute atomic E-state index is 10.9. The van der Waals surface area contributed by atoms with Crippen molar-refractivity contribution >= 4 is 5.97 Å². The van der Waals surface area contributed by atoms with Crippen LogP contribution in [0.25, 0.3) is 5.69 Å². The number of aromatic carboxylic acids is 1. The number of hydrogen-bond donors (Lipinski definition) is 1. The van der Waals surface area contributed by atoms with Crippen LogP contribution in [0, 0.1) is 18.3 Å². The lowest BCUT2D eigenvalue weighted by molar-refractivity contribution is 0.0683. The highest BCUT2D eigenvalue weighted by Gasteiger charge is 2.16. The summed E-state index contributed by atoms with van der Waals surface area (Å²) in [4.78, 5) is 14.9. The third-order valence-corrected chi connectivity index (χ3v) is 2.75. The molecule has 0 bridgehead atoms. The maximum atomic E-state index is 10.9. The molecule has 2 aromatic rings. The van der Waals surface area contributed by atoms with Crippen molar-refractivity contribution < 1.29 is 9.90 Å². The van der Waals surface area contributed by atoms with E-state index in [1.54, 1.807) is 18.2 Å². The molecule has 96 valence electrons. The highest BCUT2D eigenvalue weighted by Crippen LogP contribution is 2.17. The molecule has 6 heteroatoms. The summed E-state index contributed by atoms with van der Waals surface area (Å²) in [5.74, 6) is -0.850. The molecule has 0 saturated carbocycles. The van der Waals surface area contributed by atoms with E-state index in [0.717, 1.165) is 5.56 Å². The predicted octanol–water partition coefficient (Wildman–Crippen LogP) is 1.71. The van der Waals surface area contributed by atoms with Crippen molar-refractivity contribution in [3.63, 3.8) is 0 Å². The molecule has 0 amide bonds. The summed E-state index contributed by atoms with van der Waals surface area (Å²) in [5.41, 5.74) is 2.07. The molecule has 0 saturated heterocycles. The first-order chi connectivity index (χ1) is 9.06. The number of nitriles is 1. The fraction of sp³-hybridized carbons (Fsp3) is 0.231. The molecule has 6 nitrogen and oxygen atoms in total. The lowest BCUT2D eigenvalue weighted by Crippen LogP contribution is -2.05. The molecule has 1 heterocycles. The minimum Gasteiger partial charge on any atom is -0.475 e. The molecule has 1 N–H and O–H groups in total. The molecular weight excluding hydrogens is 244 g/mol. The highest BCUT2D eigenvalue weighted by atomic mass is 16.4. The smallest absolute Gasteiger partial charge is 0.375 e. The molecule has 0 aliphatic carbocycles. The molecule has 2 rings (SSSR count). The quantitative estimate of drug-likeness (QED) is 0.902. The Hall–Kier alpha value is -2.68. The van der Waals surface area contributed by atoms with Crippen LogP contribution in [0.3, 0.4) is 0 Å². The van der Waals surface area contributed by atoms with Crippen LogP contribution in [0.5, 0.6) is 0 Å². The van der Waals surface area contributed by atoms with Crippen LogP contribution in [0.1, 0.15) is 34.5 Å². The van der Waals surface area contributed by atoms with Gasteiger partial charge in [-0.1, -0.05) is 13.0 Å². The zero-order valence-corrected chi connectivity index (χ0v) is 10.6. The number of benzene rings is 1. The van der Waals surface area contributed by atoms with Gasteiger partial charge in [0.25, 0.3) is 5.82 Å². The second-order valence-corrected chi connectivity index (χ2v) is 4.04. The predicted molar refractivity (Wildman–Crippen MR) is 67.1 cm³/mol. The van der Waals surface area contributed by atoms with Crippen molar-refractivity contribution in [2.24, 2.45) is 0 Å². The second kappa shape index (κ2) is 4.90. The van der Waals surface area contributed by atoms with Gasteiger partial charge in [0, 0.05) is 6.42 Å². The van der Waals surface area contributed by atoms with Crippen LogP contribution in [-0.2, 0) is 6.42 Å². The molecule has 0 fully saturated rings. The van der Waals surface area contributed by atoms with Gasteiger partial charge in [0.1, 0.15) is 5.82 Å². The van der Waals surface area contributed by atoms with E-state index in [1.807, 2.05) is 13.8 Å². The van der Waals surface area contributed by atoms with Crippen LogP contribution >= 0.6 is 0 Å². The van der Waals surface area contributed by atoms with Crippen LogP contribution in [-0.4, -0.2) is 25.8 Å². The number of rotatable bonds is 3. The lowest BCUT2D eigenvalue weighted by atomic mass is 10.1. The minimum absolute atomic E-state index is 0.237. The first kappa shape index (κ1) is 12.8. The molecule has 0 unspecified atom stereocenters.